The summed E-state index contributed by atoms with van der Waals surface area (Å²) in [6.45, 7) is 0.982. The van der Waals surface area contributed by atoms with Gasteiger partial charge in [-0.15, -0.1) is 0 Å². The van der Waals surface area contributed by atoms with E-state index in [1.165, 1.54) is 0 Å². The first-order chi connectivity index (χ1) is 13.3. The number of fused-ring (bicyclic) bond motifs is 2. The van der Waals surface area contributed by atoms with Gasteiger partial charge in [0.05, 0.1) is 12.1 Å². The number of aromatic nitrogens is 2. The molecule has 0 aliphatic carbocycles. The molecule has 27 heavy (non-hydrogen) atoms. The number of H-pyrrole nitrogens is 1. The van der Waals surface area contributed by atoms with Crippen molar-refractivity contribution in [1.29, 1.82) is 0 Å². The van der Waals surface area contributed by atoms with Crippen molar-refractivity contribution in [3.63, 3.8) is 0 Å². The smallest absolute Gasteiger partial charge is 0.255 e. The average Bonchev–Trinajstić information content (AvgIpc) is 3.05. The molecule has 1 amide bonds. The fraction of sp³-hybridized carbons (Fsp3) is 0.0909. The normalized spacial score (nSPS) is 13.6. The van der Waals surface area contributed by atoms with Crippen molar-refractivity contribution in [1.82, 2.24) is 15.3 Å². The summed E-state index contributed by atoms with van der Waals surface area (Å²) in [6, 6.07) is 18.0. The molecule has 0 fully saturated rings. The van der Waals surface area contributed by atoms with Crippen molar-refractivity contribution in [3.05, 3.63) is 72.6 Å². The lowest BCUT2D eigenvalue weighted by atomic mass is 10.0. The lowest BCUT2D eigenvalue weighted by Crippen LogP contribution is -2.24. The van der Waals surface area contributed by atoms with E-state index in [1.807, 2.05) is 48.8 Å². The van der Waals surface area contributed by atoms with E-state index in [4.69, 9.17) is 4.74 Å². The van der Waals surface area contributed by atoms with Crippen LogP contribution in [0.4, 0.5) is 0 Å². The zero-order valence-electron chi connectivity index (χ0n) is 14.5. The number of pyridine rings is 1. The van der Waals surface area contributed by atoms with Gasteiger partial charge >= 0.3 is 0 Å². The topological polar surface area (TPSA) is 67.0 Å². The number of nitrogens with zero attached hydrogens (tertiary/aromatic N) is 1. The quantitative estimate of drug-likeness (QED) is 0.571. The Hall–Kier alpha value is -3.60. The van der Waals surface area contributed by atoms with Gasteiger partial charge in [-0.25, -0.2) is 4.98 Å². The fourth-order valence-corrected chi connectivity index (χ4v) is 3.45. The Morgan fingerprint density at radius 3 is 2.70 bits per heavy atom. The monoisotopic (exact) mass is 355 g/mol. The summed E-state index contributed by atoms with van der Waals surface area (Å²) < 4.78 is 5.75. The van der Waals surface area contributed by atoms with Crippen LogP contribution in [0.15, 0.2) is 67.0 Å². The van der Waals surface area contributed by atoms with Crippen LogP contribution in [0, 0.1) is 0 Å². The van der Waals surface area contributed by atoms with Crippen LogP contribution in [0.1, 0.15) is 10.4 Å². The molecular formula is C22H17N3O2. The van der Waals surface area contributed by atoms with Gasteiger partial charge in [0.2, 0.25) is 0 Å². The molecule has 0 atom stereocenters. The van der Waals surface area contributed by atoms with Gasteiger partial charge in [0.15, 0.2) is 0 Å². The molecule has 132 valence electrons. The van der Waals surface area contributed by atoms with E-state index in [-0.39, 0.29) is 5.91 Å². The second-order valence-electron chi connectivity index (χ2n) is 6.50. The molecule has 5 nitrogen and oxygen atoms in total. The molecule has 3 heterocycles. The number of carbonyl (C=O) groups excluding carboxylic acids is 1. The van der Waals surface area contributed by atoms with E-state index in [1.54, 1.807) is 0 Å². The van der Waals surface area contributed by atoms with E-state index < -0.39 is 0 Å². The molecule has 2 aromatic carbocycles. The third-order valence-electron chi connectivity index (χ3n) is 4.82. The number of benzene rings is 2. The summed E-state index contributed by atoms with van der Waals surface area (Å²) in [4.78, 5) is 19.9. The summed E-state index contributed by atoms with van der Waals surface area (Å²) >= 11 is 0. The molecule has 0 radical (unpaired) electrons. The molecule has 0 saturated carbocycles. The van der Waals surface area contributed by atoms with Crippen LogP contribution < -0.4 is 10.1 Å². The number of rotatable bonds is 2. The van der Waals surface area contributed by atoms with Crippen molar-refractivity contribution < 1.29 is 9.53 Å². The molecule has 1 aliphatic rings. The van der Waals surface area contributed by atoms with Crippen LogP contribution in [-0.4, -0.2) is 29.0 Å². The molecule has 2 N–H and O–H groups in total. The number of ether oxygens (including phenoxy) is 1. The Morgan fingerprint density at radius 2 is 1.81 bits per heavy atom. The Labute approximate surface area is 156 Å². The molecule has 5 rings (SSSR count). The number of hydrogen-bond donors (Lipinski definition) is 2. The molecule has 2 aromatic heterocycles. The van der Waals surface area contributed by atoms with Crippen molar-refractivity contribution in [3.8, 4) is 28.0 Å². The van der Waals surface area contributed by atoms with E-state index >= 15 is 0 Å². The predicted octanol–water partition coefficient (Wildman–Crippen LogP) is 4.02. The minimum absolute atomic E-state index is 0.0963. The van der Waals surface area contributed by atoms with Gasteiger partial charge in [0.25, 0.3) is 5.91 Å². The lowest BCUT2D eigenvalue weighted by Gasteiger charge is -2.08. The lowest BCUT2D eigenvalue weighted by molar-refractivity contribution is 0.0957. The van der Waals surface area contributed by atoms with Crippen LogP contribution in [-0.2, 0) is 0 Å². The summed E-state index contributed by atoms with van der Waals surface area (Å²) in [7, 11) is 0. The van der Waals surface area contributed by atoms with Gasteiger partial charge in [0.1, 0.15) is 18.0 Å². The zero-order chi connectivity index (χ0) is 18.2. The summed E-state index contributed by atoms with van der Waals surface area (Å²) in [5, 5.41) is 3.87. The number of aromatic amines is 1. The Bertz CT molecular complexity index is 1150. The number of hydrogen-bond acceptors (Lipinski definition) is 3. The first kappa shape index (κ1) is 15.6. The highest BCUT2D eigenvalue weighted by molar-refractivity contribution is 6.00. The van der Waals surface area contributed by atoms with Crippen LogP contribution in [0.3, 0.4) is 0 Å². The molecule has 0 bridgehead atoms. The van der Waals surface area contributed by atoms with Gasteiger partial charge in [-0.1, -0.05) is 36.4 Å². The van der Waals surface area contributed by atoms with E-state index in [0.717, 1.165) is 33.3 Å². The minimum atomic E-state index is -0.0963. The average molecular weight is 355 g/mol. The van der Waals surface area contributed by atoms with E-state index in [2.05, 4.69) is 33.5 Å². The number of carbonyl (C=O) groups is 1. The molecular weight excluding hydrogens is 338 g/mol. The highest BCUT2D eigenvalue weighted by Gasteiger charge is 2.18. The van der Waals surface area contributed by atoms with Gasteiger partial charge in [-0.2, -0.15) is 0 Å². The van der Waals surface area contributed by atoms with Gasteiger partial charge in [-0.05, 0) is 29.3 Å². The largest absolute Gasteiger partial charge is 0.491 e. The van der Waals surface area contributed by atoms with Crippen molar-refractivity contribution in [2.45, 2.75) is 0 Å². The molecule has 5 heteroatoms. The van der Waals surface area contributed by atoms with E-state index in [0.29, 0.717) is 24.5 Å². The van der Waals surface area contributed by atoms with Crippen LogP contribution in [0.25, 0.3) is 33.3 Å². The molecule has 0 spiro atoms. The maximum absolute atomic E-state index is 12.1. The Balaban J connectivity index is 1.63. The van der Waals surface area contributed by atoms with Crippen molar-refractivity contribution >= 4 is 16.9 Å². The minimum Gasteiger partial charge on any atom is -0.491 e. The van der Waals surface area contributed by atoms with E-state index in [9.17, 15) is 4.79 Å². The van der Waals surface area contributed by atoms with Gasteiger partial charge in [0, 0.05) is 28.9 Å². The molecule has 1 aliphatic heterocycles. The highest BCUT2D eigenvalue weighted by atomic mass is 16.5. The maximum Gasteiger partial charge on any atom is 0.255 e. The first-order valence-electron chi connectivity index (χ1n) is 8.87. The zero-order valence-corrected chi connectivity index (χ0v) is 14.5. The molecule has 0 unspecified atom stereocenters. The Kier molecular flexibility index (Phi) is 3.64. The maximum atomic E-state index is 12.1. The van der Waals surface area contributed by atoms with Crippen molar-refractivity contribution in [2.24, 2.45) is 0 Å². The molecule has 4 aromatic rings. The Morgan fingerprint density at radius 1 is 0.926 bits per heavy atom. The number of nitrogens with one attached hydrogen (secondary N) is 2. The first-order valence-corrected chi connectivity index (χ1v) is 8.87. The molecule has 0 saturated heterocycles. The van der Waals surface area contributed by atoms with Crippen molar-refractivity contribution in [2.75, 3.05) is 13.2 Å². The van der Waals surface area contributed by atoms with Crippen LogP contribution in [0.5, 0.6) is 5.75 Å². The van der Waals surface area contributed by atoms with Crippen LogP contribution in [0.2, 0.25) is 0 Å². The second-order valence-corrected chi connectivity index (χ2v) is 6.50. The van der Waals surface area contributed by atoms with Gasteiger partial charge in [-0.3, -0.25) is 4.79 Å². The van der Waals surface area contributed by atoms with Gasteiger partial charge < -0.3 is 15.0 Å². The second kappa shape index (κ2) is 6.29. The number of amides is 1. The SMILES string of the molecule is O=C1NCCOc2cc(-c3c[nH]c4ncc(-c5ccccc5)cc34)ccc21. The summed E-state index contributed by atoms with van der Waals surface area (Å²) in [5.74, 6) is 0.519. The summed E-state index contributed by atoms with van der Waals surface area (Å²) in [6.07, 6.45) is 3.83. The standard InChI is InChI=1S/C22H17N3O2/c26-22-17-7-6-15(11-20(17)27-9-8-23-22)19-13-25-21-18(19)10-16(12-24-21)14-4-2-1-3-5-14/h1-7,10-13H,8-9H2,(H,23,26)(H,24,25). The third kappa shape index (κ3) is 2.73. The third-order valence-corrected chi connectivity index (χ3v) is 4.82. The predicted molar refractivity (Wildman–Crippen MR) is 105 cm³/mol. The fourth-order valence-electron chi connectivity index (χ4n) is 3.45. The van der Waals surface area contributed by atoms with Crippen LogP contribution >= 0.6 is 0 Å². The highest BCUT2D eigenvalue weighted by Crippen LogP contribution is 2.34. The summed E-state index contributed by atoms with van der Waals surface area (Å²) in [5.41, 5.74) is 5.61.